The van der Waals surface area contributed by atoms with Gasteiger partial charge in [-0.1, -0.05) is 0 Å². The van der Waals surface area contributed by atoms with Crippen LogP contribution in [0.4, 0.5) is 13.2 Å². The van der Waals surface area contributed by atoms with E-state index in [-0.39, 0.29) is 5.56 Å². The third-order valence-electron chi connectivity index (χ3n) is 1.37. The highest BCUT2D eigenvalue weighted by atomic mass is 19.4. The molecule has 1 rings (SSSR count). The van der Waals surface area contributed by atoms with E-state index in [1.165, 1.54) is 17.1 Å². The summed E-state index contributed by atoms with van der Waals surface area (Å²) in [6.07, 6.45) is -1.90. The molecule has 0 fully saturated rings. The van der Waals surface area contributed by atoms with Crippen molar-refractivity contribution in [2.24, 2.45) is 7.05 Å². The fourth-order valence-electron chi connectivity index (χ4n) is 0.781. The Kier molecular flexibility index (Phi) is 3.30. The molecule has 5 nitrogen and oxygen atoms in total. The van der Waals surface area contributed by atoms with E-state index < -0.39 is 18.7 Å². The zero-order valence-electron chi connectivity index (χ0n) is 7.71. The van der Waals surface area contributed by atoms with Crippen molar-refractivity contribution in [3.8, 4) is 0 Å². The largest absolute Gasteiger partial charge is 0.414 e. The van der Waals surface area contributed by atoms with E-state index in [2.05, 4.69) is 9.94 Å². The quantitative estimate of drug-likeness (QED) is 0.765. The minimum Gasteiger partial charge on any atom is -0.275 e. The summed E-state index contributed by atoms with van der Waals surface area (Å²) in [5.74, 6) is -0.771. The number of hydroxylamine groups is 1. The highest BCUT2D eigenvalue weighted by Crippen LogP contribution is 2.13. The van der Waals surface area contributed by atoms with Crippen LogP contribution in [0.5, 0.6) is 0 Å². The van der Waals surface area contributed by atoms with Crippen LogP contribution in [0, 0.1) is 0 Å². The standard InChI is InChI=1S/C7H8F3N3O2/c1-13-3-5(2-11-13)6(14)12-15-4-7(8,9)10/h2-3H,4H2,1H3,(H,12,14). The summed E-state index contributed by atoms with van der Waals surface area (Å²) >= 11 is 0. The molecule has 0 aromatic carbocycles. The molecule has 0 saturated carbocycles. The van der Waals surface area contributed by atoms with E-state index >= 15 is 0 Å². The predicted molar refractivity (Wildman–Crippen MR) is 42.7 cm³/mol. The van der Waals surface area contributed by atoms with Crippen molar-refractivity contribution in [3.05, 3.63) is 18.0 Å². The Morgan fingerprint density at radius 2 is 2.33 bits per heavy atom. The monoisotopic (exact) mass is 223 g/mol. The molecule has 1 heterocycles. The van der Waals surface area contributed by atoms with Crippen LogP contribution >= 0.6 is 0 Å². The molecule has 1 aromatic rings. The molecule has 8 heteroatoms. The Morgan fingerprint density at radius 1 is 1.67 bits per heavy atom. The van der Waals surface area contributed by atoms with Crippen LogP contribution in [0.15, 0.2) is 12.4 Å². The number of carbonyl (C=O) groups excluding carboxylic acids is 1. The molecule has 1 amide bonds. The fraction of sp³-hybridized carbons (Fsp3) is 0.429. The Labute approximate surface area is 82.8 Å². The van der Waals surface area contributed by atoms with Gasteiger partial charge in [-0.15, -0.1) is 0 Å². The molecular weight excluding hydrogens is 215 g/mol. The third-order valence-corrected chi connectivity index (χ3v) is 1.37. The van der Waals surface area contributed by atoms with Crippen LogP contribution in [0.25, 0.3) is 0 Å². The molecule has 0 atom stereocenters. The predicted octanol–water partition coefficient (Wildman–Crippen LogP) is 0.644. The van der Waals surface area contributed by atoms with E-state index in [0.717, 1.165) is 0 Å². The van der Waals surface area contributed by atoms with Crippen molar-refractivity contribution in [1.82, 2.24) is 15.3 Å². The lowest BCUT2D eigenvalue weighted by Gasteiger charge is -2.06. The van der Waals surface area contributed by atoms with Gasteiger partial charge in [0.25, 0.3) is 5.91 Å². The van der Waals surface area contributed by atoms with Crippen molar-refractivity contribution in [1.29, 1.82) is 0 Å². The summed E-state index contributed by atoms with van der Waals surface area (Å²) in [5, 5.41) is 3.67. The molecule has 15 heavy (non-hydrogen) atoms. The smallest absolute Gasteiger partial charge is 0.275 e. The maximum absolute atomic E-state index is 11.6. The van der Waals surface area contributed by atoms with Crippen molar-refractivity contribution >= 4 is 5.91 Å². The lowest BCUT2D eigenvalue weighted by atomic mass is 10.3. The second-order valence-electron chi connectivity index (χ2n) is 2.74. The van der Waals surface area contributed by atoms with Gasteiger partial charge in [-0.2, -0.15) is 18.3 Å². The lowest BCUT2D eigenvalue weighted by molar-refractivity contribution is -0.184. The number of hydrogen-bond donors (Lipinski definition) is 1. The van der Waals surface area contributed by atoms with Gasteiger partial charge in [0.05, 0.1) is 11.8 Å². The molecule has 0 spiro atoms. The summed E-state index contributed by atoms with van der Waals surface area (Å²) in [6, 6.07) is 0. The van der Waals surface area contributed by atoms with Gasteiger partial charge in [0.1, 0.15) is 0 Å². The number of alkyl halides is 3. The molecule has 0 unspecified atom stereocenters. The molecular formula is C7H8F3N3O2. The van der Waals surface area contributed by atoms with Crippen LogP contribution in [-0.2, 0) is 11.9 Å². The van der Waals surface area contributed by atoms with Crippen LogP contribution in [0.2, 0.25) is 0 Å². The molecule has 0 aliphatic carbocycles. The van der Waals surface area contributed by atoms with Crippen molar-refractivity contribution in [2.75, 3.05) is 6.61 Å². The Morgan fingerprint density at radius 3 is 2.80 bits per heavy atom. The zero-order chi connectivity index (χ0) is 11.5. The Hall–Kier alpha value is -1.57. The number of halogens is 3. The number of carbonyl (C=O) groups is 1. The van der Waals surface area contributed by atoms with Crippen molar-refractivity contribution < 1.29 is 22.8 Å². The number of aryl methyl sites for hydroxylation is 1. The minimum absolute atomic E-state index is 0.125. The molecule has 1 aromatic heterocycles. The maximum Gasteiger partial charge on any atom is 0.414 e. The summed E-state index contributed by atoms with van der Waals surface area (Å²) in [6.45, 7) is -1.53. The number of nitrogens with zero attached hydrogens (tertiary/aromatic N) is 2. The molecule has 0 bridgehead atoms. The van der Waals surface area contributed by atoms with Gasteiger partial charge in [-0.05, 0) is 0 Å². The van der Waals surface area contributed by atoms with Gasteiger partial charge in [-0.3, -0.25) is 14.3 Å². The number of rotatable bonds is 3. The van der Waals surface area contributed by atoms with E-state index in [1.54, 1.807) is 12.5 Å². The number of hydrogen-bond acceptors (Lipinski definition) is 3. The topological polar surface area (TPSA) is 56.2 Å². The maximum atomic E-state index is 11.6. The minimum atomic E-state index is -4.47. The molecule has 1 N–H and O–H groups in total. The number of nitrogens with one attached hydrogen (secondary N) is 1. The molecule has 0 aliphatic rings. The van der Waals surface area contributed by atoms with E-state index in [1.807, 2.05) is 0 Å². The van der Waals surface area contributed by atoms with Gasteiger partial charge < -0.3 is 0 Å². The second kappa shape index (κ2) is 4.30. The summed E-state index contributed by atoms with van der Waals surface area (Å²) in [7, 11) is 1.58. The van der Waals surface area contributed by atoms with Crippen LogP contribution in [-0.4, -0.2) is 28.5 Å². The normalized spacial score (nSPS) is 11.5. The molecule has 84 valence electrons. The third kappa shape index (κ3) is 3.98. The molecule has 0 aliphatic heterocycles. The number of aromatic nitrogens is 2. The van der Waals surface area contributed by atoms with Crippen molar-refractivity contribution in [3.63, 3.8) is 0 Å². The van der Waals surface area contributed by atoms with Crippen LogP contribution < -0.4 is 5.48 Å². The Balaban J connectivity index is 2.37. The fourth-order valence-corrected chi connectivity index (χ4v) is 0.781. The molecule has 0 radical (unpaired) electrons. The first-order valence-corrected chi connectivity index (χ1v) is 3.86. The number of amides is 1. The zero-order valence-corrected chi connectivity index (χ0v) is 7.71. The average Bonchev–Trinajstić information content (AvgIpc) is 2.49. The highest BCUT2D eigenvalue weighted by molar-refractivity contribution is 5.92. The van der Waals surface area contributed by atoms with Gasteiger partial charge in [0.2, 0.25) is 0 Å². The highest BCUT2D eigenvalue weighted by Gasteiger charge is 2.28. The van der Waals surface area contributed by atoms with Gasteiger partial charge in [0, 0.05) is 13.2 Å². The van der Waals surface area contributed by atoms with Gasteiger partial charge in [0.15, 0.2) is 6.61 Å². The first kappa shape index (κ1) is 11.5. The van der Waals surface area contributed by atoms with Crippen LogP contribution in [0.3, 0.4) is 0 Å². The van der Waals surface area contributed by atoms with Gasteiger partial charge >= 0.3 is 6.18 Å². The van der Waals surface area contributed by atoms with Crippen LogP contribution in [0.1, 0.15) is 10.4 Å². The average molecular weight is 223 g/mol. The first-order valence-electron chi connectivity index (χ1n) is 3.86. The SMILES string of the molecule is Cn1cc(C(=O)NOCC(F)(F)F)cn1. The first-order chi connectivity index (χ1) is 6.88. The van der Waals surface area contributed by atoms with Gasteiger partial charge in [-0.25, -0.2) is 5.48 Å². The lowest BCUT2D eigenvalue weighted by Crippen LogP contribution is -2.29. The summed E-state index contributed by atoms with van der Waals surface area (Å²) < 4.78 is 36.2. The Bertz CT molecular complexity index is 347. The van der Waals surface area contributed by atoms with E-state index in [4.69, 9.17) is 0 Å². The van der Waals surface area contributed by atoms with E-state index in [0.29, 0.717) is 0 Å². The second-order valence-corrected chi connectivity index (χ2v) is 2.74. The summed E-state index contributed by atoms with van der Waals surface area (Å²) in [4.78, 5) is 15.0. The summed E-state index contributed by atoms with van der Waals surface area (Å²) in [5.41, 5.74) is 1.78. The molecule has 0 saturated heterocycles. The van der Waals surface area contributed by atoms with Crippen molar-refractivity contribution in [2.45, 2.75) is 6.18 Å². The van der Waals surface area contributed by atoms with E-state index in [9.17, 15) is 18.0 Å².